The van der Waals surface area contributed by atoms with Gasteiger partial charge in [-0.05, 0) is 38.1 Å². The van der Waals surface area contributed by atoms with E-state index in [4.69, 9.17) is 4.74 Å². The fourth-order valence-corrected chi connectivity index (χ4v) is 1.67. The number of nitrogens with one attached hydrogen (secondary N) is 1. The van der Waals surface area contributed by atoms with Crippen LogP contribution in [0.25, 0.3) is 0 Å². The molecule has 1 aromatic heterocycles. The molecule has 3 nitrogen and oxygen atoms in total. The van der Waals surface area contributed by atoms with E-state index in [1.54, 1.807) is 18.3 Å². The first-order chi connectivity index (χ1) is 9.15. The van der Waals surface area contributed by atoms with Gasteiger partial charge >= 0.3 is 0 Å². The fraction of sp³-hybridized carbons (Fsp3) is 0.267. The average molecular weight is 260 g/mol. The second kappa shape index (κ2) is 6.18. The van der Waals surface area contributed by atoms with Gasteiger partial charge in [-0.15, -0.1) is 0 Å². The van der Waals surface area contributed by atoms with Crippen molar-refractivity contribution in [3.05, 3.63) is 54.1 Å². The minimum atomic E-state index is -0.325. The number of aromatic nitrogens is 1. The van der Waals surface area contributed by atoms with Gasteiger partial charge in [-0.25, -0.2) is 4.39 Å². The molecule has 0 spiro atoms. The molecule has 0 radical (unpaired) electrons. The van der Waals surface area contributed by atoms with Crippen molar-refractivity contribution >= 4 is 5.69 Å². The van der Waals surface area contributed by atoms with Crippen LogP contribution in [0.5, 0.6) is 5.75 Å². The van der Waals surface area contributed by atoms with Crippen LogP contribution in [0.1, 0.15) is 19.5 Å². The van der Waals surface area contributed by atoms with Crippen LogP contribution in [0.2, 0.25) is 0 Å². The molecule has 0 atom stereocenters. The highest BCUT2D eigenvalue weighted by molar-refractivity contribution is 5.48. The van der Waals surface area contributed by atoms with Crippen LogP contribution in [-0.4, -0.2) is 11.1 Å². The van der Waals surface area contributed by atoms with Gasteiger partial charge in [-0.2, -0.15) is 0 Å². The molecule has 0 aliphatic heterocycles. The standard InChI is InChI=1S/C15H17FN2O/c1-11(2)19-13-6-7-15(14(16)9-13)18-10-12-5-3-4-8-17-12/h3-9,11,18H,10H2,1-2H3. The minimum Gasteiger partial charge on any atom is -0.491 e. The van der Waals surface area contributed by atoms with Crippen molar-refractivity contribution in [2.45, 2.75) is 26.5 Å². The summed E-state index contributed by atoms with van der Waals surface area (Å²) in [6.07, 6.45) is 1.75. The Morgan fingerprint density at radius 3 is 2.74 bits per heavy atom. The molecule has 1 aromatic carbocycles. The zero-order valence-electron chi connectivity index (χ0n) is 11.1. The van der Waals surface area contributed by atoms with Gasteiger partial charge in [-0.3, -0.25) is 4.98 Å². The Labute approximate surface area is 112 Å². The molecule has 4 heteroatoms. The summed E-state index contributed by atoms with van der Waals surface area (Å²) in [6, 6.07) is 10.5. The number of benzene rings is 1. The number of hydrogen-bond donors (Lipinski definition) is 1. The zero-order valence-corrected chi connectivity index (χ0v) is 11.1. The predicted molar refractivity (Wildman–Crippen MR) is 73.7 cm³/mol. The third-order valence-corrected chi connectivity index (χ3v) is 2.50. The van der Waals surface area contributed by atoms with Crippen LogP contribution in [0.4, 0.5) is 10.1 Å². The number of halogens is 1. The van der Waals surface area contributed by atoms with Crippen LogP contribution in [0.15, 0.2) is 42.6 Å². The van der Waals surface area contributed by atoms with E-state index in [9.17, 15) is 4.39 Å². The van der Waals surface area contributed by atoms with Crippen molar-refractivity contribution < 1.29 is 9.13 Å². The summed E-state index contributed by atoms with van der Waals surface area (Å²) >= 11 is 0. The molecule has 0 bridgehead atoms. The van der Waals surface area contributed by atoms with Crippen LogP contribution in [-0.2, 0) is 6.54 Å². The lowest BCUT2D eigenvalue weighted by Gasteiger charge is -2.12. The largest absolute Gasteiger partial charge is 0.491 e. The summed E-state index contributed by atoms with van der Waals surface area (Å²) in [5.74, 6) is 0.213. The van der Waals surface area contributed by atoms with Gasteiger partial charge < -0.3 is 10.1 Å². The summed E-state index contributed by atoms with van der Waals surface area (Å²) in [6.45, 7) is 4.30. The highest BCUT2D eigenvalue weighted by atomic mass is 19.1. The molecular formula is C15H17FN2O. The first-order valence-electron chi connectivity index (χ1n) is 6.25. The number of ether oxygens (including phenoxy) is 1. The van der Waals surface area contributed by atoms with Crippen molar-refractivity contribution in [3.63, 3.8) is 0 Å². The van der Waals surface area contributed by atoms with Crippen LogP contribution in [0.3, 0.4) is 0 Å². The lowest BCUT2D eigenvalue weighted by molar-refractivity contribution is 0.241. The highest BCUT2D eigenvalue weighted by Crippen LogP contribution is 2.21. The maximum Gasteiger partial charge on any atom is 0.149 e. The van der Waals surface area contributed by atoms with Gasteiger partial charge in [0.25, 0.3) is 0 Å². The Kier molecular flexibility index (Phi) is 4.34. The topological polar surface area (TPSA) is 34.1 Å². The highest BCUT2D eigenvalue weighted by Gasteiger charge is 2.05. The molecule has 19 heavy (non-hydrogen) atoms. The number of anilines is 1. The Bertz CT molecular complexity index is 529. The molecule has 0 aliphatic rings. The molecule has 1 heterocycles. The van der Waals surface area contributed by atoms with E-state index in [1.807, 2.05) is 32.0 Å². The van der Waals surface area contributed by atoms with Gasteiger partial charge in [-0.1, -0.05) is 6.07 Å². The Hall–Kier alpha value is -2.10. The van der Waals surface area contributed by atoms with Gasteiger partial charge in [0.15, 0.2) is 0 Å². The molecule has 0 unspecified atom stereocenters. The van der Waals surface area contributed by atoms with Crippen molar-refractivity contribution in [3.8, 4) is 5.75 Å². The average Bonchev–Trinajstić information content (AvgIpc) is 2.38. The third-order valence-electron chi connectivity index (χ3n) is 2.50. The van der Waals surface area contributed by atoms with E-state index in [2.05, 4.69) is 10.3 Å². The maximum absolute atomic E-state index is 13.8. The quantitative estimate of drug-likeness (QED) is 0.891. The van der Waals surface area contributed by atoms with Crippen molar-refractivity contribution in [2.24, 2.45) is 0 Å². The summed E-state index contributed by atoms with van der Waals surface area (Å²) in [5, 5.41) is 3.02. The molecular weight excluding hydrogens is 243 g/mol. The predicted octanol–water partition coefficient (Wildman–Crippen LogP) is 3.62. The molecule has 2 aromatic rings. The number of rotatable bonds is 5. The Balaban J connectivity index is 2.01. The van der Waals surface area contributed by atoms with Crippen LogP contribution in [0, 0.1) is 5.82 Å². The molecule has 0 amide bonds. The molecule has 2 rings (SSSR count). The van der Waals surface area contributed by atoms with Crippen molar-refractivity contribution in [1.29, 1.82) is 0 Å². The SMILES string of the molecule is CC(C)Oc1ccc(NCc2ccccn2)c(F)c1. The van der Waals surface area contributed by atoms with E-state index in [0.29, 0.717) is 18.0 Å². The lowest BCUT2D eigenvalue weighted by atomic mass is 10.2. The normalized spacial score (nSPS) is 10.5. The third kappa shape index (κ3) is 3.95. The molecule has 1 N–H and O–H groups in total. The molecule has 0 fully saturated rings. The van der Waals surface area contributed by atoms with Gasteiger partial charge in [0.1, 0.15) is 11.6 Å². The zero-order chi connectivity index (χ0) is 13.7. The fourth-order valence-electron chi connectivity index (χ4n) is 1.67. The summed E-state index contributed by atoms with van der Waals surface area (Å²) < 4.78 is 19.3. The molecule has 0 aliphatic carbocycles. The van der Waals surface area contributed by atoms with E-state index in [-0.39, 0.29) is 11.9 Å². The number of pyridine rings is 1. The van der Waals surface area contributed by atoms with Crippen LogP contribution >= 0.6 is 0 Å². The second-order valence-electron chi connectivity index (χ2n) is 4.48. The number of hydrogen-bond acceptors (Lipinski definition) is 3. The lowest BCUT2D eigenvalue weighted by Crippen LogP contribution is -2.07. The van der Waals surface area contributed by atoms with Gasteiger partial charge in [0.2, 0.25) is 0 Å². The Morgan fingerprint density at radius 2 is 2.11 bits per heavy atom. The minimum absolute atomic E-state index is 0.0340. The smallest absolute Gasteiger partial charge is 0.149 e. The number of nitrogens with zero attached hydrogens (tertiary/aromatic N) is 1. The van der Waals surface area contributed by atoms with Crippen molar-refractivity contribution in [1.82, 2.24) is 4.98 Å². The maximum atomic E-state index is 13.8. The Morgan fingerprint density at radius 1 is 1.26 bits per heavy atom. The van der Waals surface area contributed by atoms with E-state index in [1.165, 1.54) is 6.07 Å². The van der Waals surface area contributed by atoms with Crippen LogP contribution < -0.4 is 10.1 Å². The van der Waals surface area contributed by atoms with E-state index >= 15 is 0 Å². The van der Waals surface area contributed by atoms with Gasteiger partial charge in [0, 0.05) is 12.3 Å². The summed E-state index contributed by atoms with van der Waals surface area (Å²) in [5.41, 5.74) is 1.31. The van der Waals surface area contributed by atoms with E-state index < -0.39 is 0 Å². The van der Waals surface area contributed by atoms with Gasteiger partial charge in [0.05, 0.1) is 24.0 Å². The first kappa shape index (κ1) is 13.3. The van der Waals surface area contributed by atoms with Crippen molar-refractivity contribution in [2.75, 3.05) is 5.32 Å². The van der Waals surface area contributed by atoms with E-state index in [0.717, 1.165) is 5.69 Å². The molecule has 0 saturated carbocycles. The first-order valence-corrected chi connectivity index (χ1v) is 6.25. The molecule has 0 saturated heterocycles. The second-order valence-corrected chi connectivity index (χ2v) is 4.48. The molecule has 100 valence electrons. The summed E-state index contributed by atoms with van der Waals surface area (Å²) in [7, 11) is 0. The monoisotopic (exact) mass is 260 g/mol. The summed E-state index contributed by atoms with van der Waals surface area (Å²) in [4.78, 5) is 4.17.